The Bertz CT molecular complexity index is 396. The standard InChI is InChI=1S/C11H9FN2O/c1-8-2-5-11(14-6-8)15-9-3-4-10(12)13-7-9/h2-7H,1H3. The van der Waals surface area contributed by atoms with Gasteiger partial charge >= 0.3 is 0 Å². The van der Waals surface area contributed by atoms with Crippen molar-refractivity contribution in [3.8, 4) is 11.6 Å². The predicted octanol–water partition coefficient (Wildman–Crippen LogP) is 2.72. The van der Waals surface area contributed by atoms with Gasteiger partial charge in [0.15, 0.2) is 0 Å². The zero-order valence-electron chi connectivity index (χ0n) is 8.14. The van der Waals surface area contributed by atoms with Crippen LogP contribution < -0.4 is 4.74 Å². The van der Waals surface area contributed by atoms with Crippen molar-refractivity contribution in [2.24, 2.45) is 0 Å². The van der Waals surface area contributed by atoms with Gasteiger partial charge < -0.3 is 4.74 Å². The van der Waals surface area contributed by atoms with Crippen LogP contribution in [0.1, 0.15) is 5.56 Å². The third kappa shape index (κ3) is 2.49. The number of aryl methyl sites for hydroxylation is 1. The fourth-order valence-electron chi connectivity index (χ4n) is 1.06. The highest BCUT2D eigenvalue weighted by atomic mass is 19.1. The van der Waals surface area contributed by atoms with Crippen LogP contribution >= 0.6 is 0 Å². The number of hydrogen-bond donors (Lipinski definition) is 0. The lowest BCUT2D eigenvalue weighted by molar-refractivity contribution is 0.456. The van der Waals surface area contributed by atoms with E-state index in [4.69, 9.17) is 4.74 Å². The molecule has 0 bridgehead atoms. The summed E-state index contributed by atoms with van der Waals surface area (Å²) < 4.78 is 17.8. The Morgan fingerprint density at radius 1 is 1.07 bits per heavy atom. The lowest BCUT2D eigenvalue weighted by Gasteiger charge is -2.03. The first kappa shape index (κ1) is 9.58. The molecule has 0 fully saturated rings. The fraction of sp³-hybridized carbons (Fsp3) is 0.0909. The second-order valence-corrected chi connectivity index (χ2v) is 3.09. The van der Waals surface area contributed by atoms with Crippen molar-refractivity contribution in [2.45, 2.75) is 6.92 Å². The van der Waals surface area contributed by atoms with Crippen LogP contribution in [0.15, 0.2) is 36.7 Å². The normalized spacial score (nSPS) is 10.0. The van der Waals surface area contributed by atoms with Gasteiger partial charge in [0.2, 0.25) is 11.8 Å². The largest absolute Gasteiger partial charge is 0.437 e. The molecule has 0 aromatic carbocycles. The maximum atomic E-state index is 12.5. The average Bonchev–Trinajstić information content (AvgIpc) is 2.25. The summed E-state index contributed by atoms with van der Waals surface area (Å²) in [6, 6.07) is 6.38. The summed E-state index contributed by atoms with van der Waals surface area (Å²) in [5.74, 6) is 0.404. The maximum absolute atomic E-state index is 12.5. The molecule has 0 aliphatic rings. The Labute approximate surface area is 86.6 Å². The highest BCUT2D eigenvalue weighted by molar-refractivity contribution is 5.24. The minimum atomic E-state index is -0.529. The predicted molar refractivity (Wildman–Crippen MR) is 53.2 cm³/mol. The molecule has 2 heterocycles. The van der Waals surface area contributed by atoms with Crippen molar-refractivity contribution in [1.29, 1.82) is 0 Å². The molecule has 2 rings (SSSR count). The maximum Gasteiger partial charge on any atom is 0.219 e. The number of nitrogens with zero attached hydrogens (tertiary/aromatic N) is 2. The Balaban J connectivity index is 2.15. The smallest absolute Gasteiger partial charge is 0.219 e. The van der Waals surface area contributed by atoms with E-state index in [9.17, 15) is 4.39 Å². The summed E-state index contributed by atoms with van der Waals surface area (Å²) in [6.07, 6.45) is 3.02. The number of aromatic nitrogens is 2. The minimum absolute atomic E-state index is 0.466. The van der Waals surface area contributed by atoms with Crippen LogP contribution in [0.2, 0.25) is 0 Å². The fourth-order valence-corrected chi connectivity index (χ4v) is 1.06. The van der Waals surface area contributed by atoms with Gasteiger partial charge in [0, 0.05) is 12.3 Å². The number of rotatable bonds is 2. The molecule has 4 heteroatoms. The molecular weight excluding hydrogens is 195 g/mol. The van der Waals surface area contributed by atoms with Crippen LogP contribution in [0.5, 0.6) is 11.6 Å². The van der Waals surface area contributed by atoms with Crippen LogP contribution in [0.4, 0.5) is 4.39 Å². The van der Waals surface area contributed by atoms with Crippen LogP contribution in [-0.4, -0.2) is 9.97 Å². The van der Waals surface area contributed by atoms with Gasteiger partial charge in [-0.2, -0.15) is 4.39 Å². The highest BCUT2D eigenvalue weighted by Gasteiger charge is 1.98. The van der Waals surface area contributed by atoms with Gasteiger partial charge in [0.1, 0.15) is 5.75 Å². The summed E-state index contributed by atoms with van der Waals surface area (Å²) in [4.78, 5) is 7.53. The lowest BCUT2D eigenvalue weighted by atomic mass is 10.3. The Morgan fingerprint density at radius 2 is 1.93 bits per heavy atom. The van der Waals surface area contributed by atoms with Gasteiger partial charge in [0.05, 0.1) is 6.20 Å². The van der Waals surface area contributed by atoms with E-state index in [2.05, 4.69) is 9.97 Å². The lowest BCUT2D eigenvalue weighted by Crippen LogP contribution is -1.89. The molecule has 2 aromatic rings. The van der Waals surface area contributed by atoms with Crippen molar-refractivity contribution in [1.82, 2.24) is 9.97 Å². The summed E-state index contributed by atoms with van der Waals surface area (Å²) in [6.45, 7) is 1.94. The zero-order valence-corrected chi connectivity index (χ0v) is 8.14. The van der Waals surface area contributed by atoms with E-state index in [1.54, 1.807) is 12.3 Å². The molecule has 0 radical (unpaired) electrons. The topological polar surface area (TPSA) is 35.0 Å². The Kier molecular flexibility index (Phi) is 2.58. The highest BCUT2D eigenvalue weighted by Crippen LogP contribution is 2.17. The first-order valence-electron chi connectivity index (χ1n) is 4.46. The number of pyridine rings is 2. The summed E-state index contributed by atoms with van der Waals surface area (Å²) >= 11 is 0. The van der Waals surface area contributed by atoms with Crippen LogP contribution in [0.25, 0.3) is 0 Å². The quantitative estimate of drug-likeness (QED) is 0.705. The van der Waals surface area contributed by atoms with Crippen molar-refractivity contribution in [2.75, 3.05) is 0 Å². The molecule has 0 unspecified atom stereocenters. The molecule has 0 spiro atoms. The summed E-state index contributed by atoms with van der Waals surface area (Å²) in [7, 11) is 0. The van der Waals surface area contributed by atoms with Gasteiger partial charge in [0.25, 0.3) is 0 Å². The number of halogens is 1. The molecule has 0 saturated carbocycles. The van der Waals surface area contributed by atoms with Crippen molar-refractivity contribution < 1.29 is 9.13 Å². The van der Waals surface area contributed by atoms with E-state index in [1.807, 2.05) is 13.0 Å². The molecular formula is C11H9FN2O. The Hall–Kier alpha value is -1.97. The van der Waals surface area contributed by atoms with Crippen LogP contribution in [0, 0.1) is 12.9 Å². The molecule has 0 atom stereocenters. The molecule has 0 aliphatic heterocycles. The summed E-state index contributed by atoms with van der Waals surface area (Å²) in [5, 5.41) is 0. The molecule has 0 saturated heterocycles. The monoisotopic (exact) mass is 204 g/mol. The zero-order chi connectivity index (χ0) is 10.7. The van der Waals surface area contributed by atoms with Gasteiger partial charge in [-0.05, 0) is 24.6 Å². The molecule has 2 aromatic heterocycles. The number of hydrogen-bond acceptors (Lipinski definition) is 3. The van der Waals surface area contributed by atoms with E-state index < -0.39 is 5.95 Å². The number of ether oxygens (including phenoxy) is 1. The van der Waals surface area contributed by atoms with E-state index in [0.717, 1.165) is 5.56 Å². The molecule has 76 valence electrons. The molecule has 3 nitrogen and oxygen atoms in total. The molecule has 0 amide bonds. The minimum Gasteiger partial charge on any atom is -0.437 e. The molecule has 15 heavy (non-hydrogen) atoms. The van der Waals surface area contributed by atoms with Gasteiger partial charge in [-0.1, -0.05) is 6.07 Å². The van der Waals surface area contributed by atoms with E-state index >= 15 is 0 Å². The van der Waals surface area contributed by atoms with Gasteiger partial charge in [-0.3, -0.25) is 0 Å². The third-order valence-corrected chi connectivity index (χ3v) is 1.81. The SMILES string of the molecule is Cc1ccc(Oc2ccc(F)nc2)nc1. The van der Waals surface area contributed by atoms with E-state index in [-0.39, 0.29) is 0 Å². The summed E-state index contributed by atoms with van der Waals surface area (Å²) in [5.41, 5.74) is 1.06. The third-order valence-electron chi connectivity index (χ3n) is 1.81. The first-order chi connectivity index (χ1) is 7.24. The van der Waals surface area contributed by atoms with E-state index in [1.165, 1.54) is 18.3 Å². The van der Waals surface area contributed by atoms with Crippen molar-refractivity contribution in [3.05, 3.63) is 48.2 Å². The second-order valence-electron chi connectivity index (χ2n) is 3.09. The Morgan fingerprint density at radius 3 is 2.53 bits per heavy atom. The van der Waals surface area contributed by atoms with Crippen LogP contribution in [-0.2, 0) is 0 Å². The second kappa shape index (κ2) is 4.04. The molecule has 0 N–H and O–H groups in total. The van der Waals surface area contributed by atoms with Crippen LogP contribution in [0.3, 0.4) is 0 Å². The van der Waals surface area contributed by atoms with Gasteiger partial charge in [-0.15, -0.1) is 0 Å². The first-order valence-corrected chi connectivity index (χ1v) is 4.46. The van der Waals surface area contributed by atoms with Gasteiger partial charge in [-0.25, -0.2) is 9.97 Å². The molecule has 0 aliphatic carbocycles. The van der Waals surface area contributed by atoms with E-state index in [0.29, 0.717) is 11.6 Å². The van der Waals surface area contributed by atoms with Crippen molar-refractivity contribution in [3.63, 3.8) is 0 Å². The average molecular weight is 204 g/mol. The van der Waals surface area contributed by atoms with Crippen molar-refractivity contribution >= 4 is 0 Å².